The molecule has 8 nitrogen and oxygen atoms in total. The van der Waals surface area contributed by atoms with Crippen LogP contribution >= 0.6 is 0 Å². The van der Waals surface area contributed by atoms with Gasteiger partial charge in [0.1, 0.15) is 5.82 Å². The Morgan fingerprint density at radius 3 is 2.31 bits per heavy atom. The van der Waals surface area contributed by atoms with E-state index in [0.717, 1.165) is 0 Å². The van der Waals surface area contributed by atoms with Crippen LogP contribution in [0.2, 0.25) is 0 Å². The summed E-state index contributed by atoms with van der Waals surface area (Å²) in [5.74, 6) is -0.832. The summed E-state index contributed by atoms with van der Waals surface area (Å²) in [6, 6.07) is 4.02. The van der Waals surface area contributed by atoms with Crippen molar-refractivity contribution < 1.29 is 23.5 Å². The summed E-state index contributed by atoms with van der Waals surface area (Å²) in [5.41, 5.74) is 0.708. The maximum absolute atomic E-state index is 13.5. The topological polar surface area (TPSA) is 91.0 Å². The van der Waals surface area contributed by atoms with Crippen molar-refractivity contribution in [2.45, 2.75) is 6.92 Å². The summed E-state index contributed by atoms with van der Waals surface area (Å²) in [4.78, 5) is 38.5. The lowest BCUT2D eigenvalue weighted by Crippen LogP contribution is -2.53. The molecule has 0 aliphatic carbocycles. The summed E-state index contributed by atoms with van der Waals surface area (Å²) < 4.78 is 18.1. The van der Waals surface area contributed by atoms with Crippen LogP contribution in [0.5, 0.6) is 0 Å². The summed E-state index contributed by atoms with van der Waals surface area (Å²) >= 11 is 0. The minimum atomic E-state index is -0.433. The number of piperazine rings is 1. The zero-order chi connectivity index (χ0) is 19.1. The molecule has 0 saturated carbocycles. The fraction of sp³-hybridized carbons (Fsp3) is 0.471. The number of amides is 4. The third kappa shape index (κ3) is 5.08. The smallest absolute Gasteiger partial charge is 0.409 e. The summed E-state index contributed by atoms with van der Waals surface area (Å²) in [6.07, 6.45) is -0.402. The molecule has 26 heavy (non-hydrogen) atoms. The molecule has 2 N–H and O–H groups in total. The van der Waals surface area contributed by atoms with E-state index in [-0.39, 0.29) is 24.7 Å². The highest BCUT2D eigenvalue weighted by Crippen LogP contribution is 2.09. The molecule has 1 saturated heterocycles. The van der Waals surface area contributed by atoms with Crippen LogP contribution in [0.25, 0.3) is 0 Å². The fourth-order valence-electron chi connectivity index (χ4n) is 2.51. The second-order valence-electron chi connectivity index (χ2n) is 5.90. The molecule has 0 atom stereocenters. The van der Waals surface area contributed by atoms with E-state index in [9.17, 15) is 18.8 Å². The SMILES string of the molecule is COC(=O)N1CCN(C(=O)NCCNC(=O)c2ccc(C)c(F)c2)CC1. The lowest BCUT2D eigenvalue weighted by atomic mass is 10.1. The van der Waals surface area contributed by atoms with Gasteiger partial charge in [0, 0.05) is 44.8 Å². The number of hydrogen-bond donors (Lipinski definition) is 2. The molecule has 1 fully saturated rings. The standard InChI is InChI=1S/C17H23FN4O4/c1-12-3-4-13(11-14(12)18)15(23)19-5-6-20-16(24)21-7-9-22(10-8-21)17(25)26-2/h3-4,11H,5-10H2,1-2H3,(H,19,23)(H,20,24). The van der Waals surface area contributed by atoms with Crippen molar-refractivity contribution in [2.75, 3.05) is 46.4 Å². The van der Waals surface area contributed by atoms with Gasteiger partial charge in [-0.25, -0.2) is 14.0 Å². The van der Waals surface area contributed by atoms with Crippen molar-refractivity contribution in [3.8, 4) is 0 Å². The van der Waals surface area contributed by atoms with E-state index in [1.54, 1.807) is 24.0 Å². The molecule has 1 aromatic carbocycles. The molecule has 1 aliphatic rings. The van der Waals surface area contributed by atoms with E-state index in [1.165, 1.54) is 18.1 Å². The van der Waals surface area contributed by atoms with E-state index in [1.807, 2.05) is 0 Å². The highest BCUT2D eigenvalue weighted by atomic mass is 19.1. The van der Waals surface area contributed by atoms with Gasteiger partial charge in [0.25, 0.3) is 5.91 Å². The normalized spacial score (nSPS) is 14.0. The van der Waals surface area contributed by atoms with Crippen molar-refractivity contribution in [2.24, 2.45) is 0 Å². The van der Waals surface area contributed by atoms with Crippen LogP contribution in [0.15, 0.2) is 18.2 Å². The average molecular weight is 366 g/mol. The number of ether oxygens (including phenoxy) is 1. The first kappa shape index (κ1) is 19.5. The Morgan fingerprint density at radius 1 is 1.08 bits per heavy atom. The van der Waals surface area contributed by atoms with E-state index in [4.69, 9.17) is 0 Å². The van der Waals surface area contributed by atoms with Gasteiger partial charge in [-0.3, -0.25) is 4.79 Å². The average Bonchev–Trinajstić information content (AvgIpc) is 2.66. The fourth-order valence-corrected chi connectivity index (χ4v) is 2.51. The van der Waals surface area contributed by atoms with E-state index >= 15 is 0 Å². The first-order chi connectivity index (χ1) is 12.4. The minimum absolute atomic E-state index is 0.224. The number of nitrogens with one attached hydrogen (secondary N) is 2. The van der Waals surface area contributed by atoms with Crippen molar-refractivity contribution in [1.29, 1.82) is 0 Å². The number of carbonyl (C=O) groups excluding carboxylic acids is 3. The lowest BCUT2D eigenvalue weighted by Gasteiger charge is -2.33. The molecule has 2 rings (SSSR count). The van der Waals surface area contributed by atoms with Gasteiger partial charge in [-0.1, -0.05) is 6.07 Å². The van der Waals surface area contributed by atoms with Crippen LogP contribution in [0.3, 0.4) is 0 Å². The minimum Gasteiger partial charge on any atom is -0.453 e. The van der Waals surface area contributed by atoms with Gasteiger partial charge in [-0.05, 0) is 24.6 Å². The van der Waals surface area contributed by atoms with Crippen LogP contribution in [0, 0.1) is 12.7 Å². The first-order valence-corrected chi connectivity index (χ1v) is 8.32. The van der Waals surface area contributed by atoms with E-state index < -0.39 is 17.8 Å². The number of methoxy groups -OCH3 is 1. The predicted molar refractivity (Wildman–Crippen MR) is 92.4 cm³/mol. The lowest BCUT2D eigenvalue weighted by molar-refractivity contribution is 0.0951. The quantitative estimate of drug-likeness (QED) is 0.777. The maximum atomic E-state index is 13.5. The molecule has 0 spiro atoms. The highest BCUT2D eigenvalue weighted by Gasteiger charge is 2.24. The molecular formula is C17H23FN4O4. The Bertz CT molecular complexity index is 675. The zero-order valence-electron chi connectivity index (χ0n) is 14.9. The number of nitrogens with zero attached hydrogens (tertiary/aromatic N) is 2. The maximum Gasteiger partial charge on any atom is 0.409 e. The second-order valence-corrected chi connectivity index (χ2v) is 5.90. The molecule has 1 aliphatic heterocycles. The number of carbonyl (C=O) groups is 3. The number of halogens is 1. The second kappa shape index (κ2) is 9.02. The number of aryl methyl sites for hydroxylation is 1. The van der Waals surface area contributed by atoms with Crippen molar-refractivity contribution >= 4 is 18.0 Å². The molecule has 0 unspecified atom stereocenters. The van der Waals surface area contributed by atoms with Gasteiger partial charge in [-0.2, -0.15) is 0 Å². The van der Waals surface area contributed by atoms with Gasteiger partial charge in [-0.15, -0.1) is 0 Å². The molecule has 1 aromatic rings. The van der Waals surface area contributed by atoms with Gasteiger partial charge in [0.15, 0.2) is 0 Å². The van der Waals surface area contributed by atoms with Gasteiger partial charge in [0.05, 0.1) is 7.11 Å². The third-order valence-corrected chi connectivity index (χ3v) is 4.12. The zero-order valence-corrected chi connectivity index (χ0v) is 14.9. The third-order valence-electron chi connectivity index (χ3n) is 4.12. The molecule has 0 radical (unpaired) electrons. The van der Waals surface area contributed by atoms with Crippen LogP contribution in [-0.4, -0.2) is 74.2 Å². The Labute approximate surface area is 151 Å². The number of urea groups is 1. The van der Waals surface area contributed by atoms with Crippen molar-refractivity contribution in [3.05, 3.63) is 35.1 Å². The van der Waals surface area contributed by atoms with Gasteiger partial charge >= 0.3 is 12.1 Å². The van der Waals surface area contributed by atoms with Crippen molar-refractivity contribution in [3.63, 3.8) is 0 Å². The van der Waals surface area contributed by atoms with Gasteiger partial charge in [0.2, 0.25) is 0 Å². The predicted octanol–water partition coefficient (Wildman–Crippen LogP) is 0.958. The molecule has 1 heterocycles. The Kier molecular flexibility index (Phi) is 6.76. The van der Waals surface area contributed by atoms with Crippen LogP contribution in [-0.2, 0) is 4.74 Å². The summed E-state index contributed by atoms with van der Waals surface area (Å²) in [7, 11) is 1.32. The molecule has 0 aromatic heterocycles. The Balaban J connectivity index is 1.68. The molecular weight excluding hydrogens is 343 g/mol. The molecule has 142 valence electrons. The number of rotatable bonds is 4. The number of benzene rings is 1. The molecule has 0 bridgehead atoms. The summed E-state index contributed by atoms with van der Waals surface area (Å²) in [5, 5.41) is 5.33. The van der Waals surface area contributed by atoms with E-state index in [0.29, 0.717) is 31.7 Å². The molecule has 9 heteroatoms. The first-order valence-electron chi connectivity index (χ1n) is 8.32. The number of hydrogen-bond acceptors (Lipinski definition) is 4. The Morgan fingerprint density at radius 2 is 1.69 bits per heavy atom. The van der Waals surface area contributed by atoms with Crippen molar-refractivity contribution in [1.82, 2.24) is 20.4 Å². The molecule has 4 amide bonds. The monoisotopic (exact) mass is 366 g/mol. The van der Waals surface area contributed by atoms with Gasteiger partial charge < -0.3 is 25.2 Å². The van der Waals surface area contributed by atoms with E-state index in [2.05, 4.69) is 15.4 Å². The van der Waals surface area contributed by atoms with Crippen LogP contribution in [0.4, 0.5) is 14.0 Å². The Hall–Kier alpha value is -2.84. The highest BCUT2D eigenvalue weighted by molar-refractivity contribution is 5.94. The largest absolute Gasteiger partial charge is 0.453 e. The van der Waals surface area contributed by atoms with Crippen LogP contribution in [0.1, 0.15) is 15.9 Å². The summed E-state index contributed by atoms with van der Waals surface area (Å²) in [6.45, 7) is 3.74. The van der Waals surface area contributed by atoms with Crippen LogP contribution < -0.4 is 10.6 Å².